The first-order valence-corrected chi connectivity index (χ1v) is 11.1. The van der Waals surface area contributed by atoms with Crippen LogP contribution in [0.2, 0.25) is 0 Å². The third kappa shape index (κ3) is 5.77. The average molecular weight is 537 g/mol. The molecule has 0 fully saturated rings. The van der Waals surface area contributed by atoms with E-state index in [9.17, 15) is 19.6 Å². The topological polar surface area (TPSA) is 93.5 Å². The molecule has 1 aromatic heterocycles. The number of nitriles is 1. The Balaban J connectivity index is 2.41. The van der Waals surface area contributed by atoms with Crippen molar-refractivity contribution in [1.29, 1.82) is 5.26 Å². The molecule has 0 saturated carbocycles. The summed E-state index contributed by atoms with van der Waals surface area (Å²) in [6.07, 6.45) is 1.32. The van der Waals surface area contributed by atoms with Crippen LogP contribution in [0, 0.1) is 21.8 Å². The number of Topliss-reactive ketones (excluding diaryl/α,β-unsaturated/α-hetero) is 1. The van der Waals surface area contributed by atoms with Gasteiger partial charge in [0.1, 0.15) is 10.9 Å². The lowest BCUT2D eigenvalue weighted by Gasteiger charge is -2.05. The first-order chi connectivity index (χ1) is 14.3. The normalized spacial score (nSPS) is 11.0. The molecule has 0 atom stereocenters. The number of thiophene rings is 1. The third-order valence-corrected chi connectivity index (χ3v) is 6.07. The maximum absolute atomic E-state index is 12.8. The number of benzene rings is 1. The second-order valence-corrected chi connectivity index (χ2v) is 8.47. The number of rotatable bonds is 8. The second-order valence-electron chi connectivity index (χ2n) is 6.12. The summed E-state index contributed by atoms with van der Waals surface area (Å²) in [5.74, 6) is -1.61. The molecule has 0 saturated heterocycles. The molecular weight excluding hydrogens is 517 g/mol. The zero-order chi connectivity index (χ0) is 22.3. The van der Waals surface area contributed by atoms with Crippen molar-refractivity contribution < 1.29 is 23.9 Å². The lowest BCUT2D eigenvalue weighted by Crippen LogP contribution is -2.12. The Morgan fingerprint density at radius 1 is 1.10 bits per heavy atom. The Bertz CT molecular complexity index is 1030. The predicted octanol–water partition coefficient (Wildman–Crippen LogP) is 4.73. The van der Waals surface area contributed by atoms with Crippen LogP contribution in [0.4, 0.5) is 0 Å². The number of nitrogens with zero attached hydrogens (tertiary/aromatic N) is 1. The van der Waals surface area contributed by atoms with Crippen LogP contribution in [0.5, 0.6) is 0 Å². The molecule has 156 valence electrons. The summed E-state index contributed by atoms with van der Waals surface area (Å²) in [7, 11) is 0. The highest BCUT2D eigenvalue weighted by Crippen LogP contribution is 2.31. The minimum Gasteiger partial charge on any atom is -0.462 e. The third-order valence-electron chi connectivity index (χ3n) is 4.08. The van der Waals surface area contributed by atoms with E-state index in [-0.39, 0.29) is 35.6 Å². The maximum Gasteiger partial charge on any atom is 0.348 e. The standard InChI is InChI=1S/C22H20INO5S/c1-4-28-21(26)19-13(3)20(22(27)29-5-2)30-18(19)11-17(25)15(12-24)10-14-6-8-16(23)9-7-14/h6-10H,4-5,11H2,1-3H3/b15-10+. The van der Waals surface area contributed by atoms with Crippen molar-refractivity contribution >= 4 is 57.7 Å². The summed E-state index contributed by atoms with van der Waals surface area (Å²) >= 11 is 3.19. The van der Waals surface area contributed by atoms with Crippen molar-refractivity contribution in [2.75, 3.05) is 13.2 Å². The van der Waals surface area contributed by atoms with Crippen molar-refractivity contribution in [2.45, 2.75) is 27.2 Å². The number of halogens is 1. The van der Waals surface area contributed by atoms with Crippen molar-refractivity contribution in [1.82, 2.24) is 0 Å². The average Bonchev–Trinajstić information content (AvgIpc) is 3.03. The van der Waals surface area contributed by atoms with Gasteiger partial charge in [-0.15, -0.1) is 11.3 Å². The number of carbonyl (C=O) groups is 3. The number of esters is 2. The second kappa shape index (κ2) is 11.0. The van der Waals surface area contributed by atoms with E-state index in [2.05, 4.69) is 22.6 Å². The highest BCUT2D eigenvalue weighted by Gasteiger charge is 2.27. The van der Waals surface area contributed by atoms with Crippen LogP contribution < -0.4 is 0 Å². The first kappa shape index (κ1) is 23.8. The van der Waals surface area contributed by atoms with Gasteiger partial charge in [0, 0.05) is 14.9 Å². The molecule has 1 aromatic carbocycles. The molecule has 30 heavy (non-hydrogen) atoms. The Hall–Kier alpha value is -2.51. The van der Waals surface area contributed by atoms with E-state index < -0.39 is 17.7 Å². The maximum atomic E-state index is 12.8. The van der Waals surface area contributed by atoms with Gasteiger partial charge in [-0.05, 0) is 72.7 Å². The van der Waals surface area contributed by atoms with Gasteiger partial charge in [0.25, 0.3) is 0 Å². The summed E-state index contributed by atoms with van der Waals surface area (Å²) in [4.78, 5) is 38.1. The fourth-order valence-corrected chi connectivity index (χ4v) is 4.25. The minimum absolute atomic E-state index is 0.0326. The molecule has 0 aliphatic heterocycles. The lowest BCUT2D eigenvalue weighted by molar-refractivity contribution is -0.114. The van der Waals surface area contributed by atoms with Crippen molar-refractivity contribution in [3.63, 3.8) is 0 Å². The van der Waals surface area contributed by atoms with Gasteiger partial charge in [0.2, 0.25) is 0 Å². The van der Waals surface area contributed by atoms with Crippen LogP contribution in [0.1, 0.15) is 49.9 Å². The quantitative estimate of drug-likeness (QED) is 0.209. The molecule has 0 amide bonds. The molecule has 0 aliphatic carbocycles. The van der Waals surface area contributed by atoms with E-state index in [1.807, 2.05) is 30.3 Å². The highest BCUT2D eigenvalue weighted by atomic mass is 127. The van der Waals surface area contributed by atoms with Gasteiger partial charge in [-0.25, -0.2) is 9.59 Å². The minimum atomic E-state index is -0.607. The summed E-state index contributed by atoms with van der Waals surface area (Å²) in [6.45, 7) is 5.33. The van der Waals surface area contributed by atoms with Crippen molar-refractivity contribution in [3.8, 4) is 6.07 Å². The van der Waals surface area contributed by atoms with Crippen LogP contribution in [-0.2, 0) is 20.7 Å². The molecule has 0 N–H and O–H groups in total. The fraction of sp³-hybridized carbons (Fsp3) is 0.273. The van der Waals surface area contributed by atoms with E-state index >= 15 is 0 Å². The van der Waals surface area contributed by atoms with Gasteiger partial charge in [-0.1, -0.05) is 12.1 Å². The number of allylic oxidation sites excluding steroid dienone is 1. The Labute approximate surface area is 192 Å². The van der Waals surface area contributed by atoms with Crippen LogP contribution >= 0.6 is 33.9 Å². The molecule has 1 heterocycles. The van der Waals surface area contributed by atoms with Gasteiger partial charge in [-0.3, -0.25) is 4.79 Å². The summed E-state index contributed by atoms with van der Waals surface area (Å²) in [6, 6.07) is 9.30. The Morgan fingerprint density at radius 2 is 1.70 bits per heavy atom. The lowest BCUT2D eigenvalue weighted by atomic mass is 10.0. The summed E-state index contributed by atoms with van der Waals surface area (Å²) in [5, 5.41) is 9.47. The van der Waals surface area contributed by atoms with E-state index in [0.717, 1.165) is 20.5 Å². The molecule has 0 unspecified atom stereocenters. The highest BCUT2D eigenvalue weighted by molar-refractivity contribution is 14.1. The molecule has 2 aromatic rings. The van der Waals surface area contributed by atoms with Gasteiger partial charge in [-0.2, -0.15) is 5.26 Å². The number of hydrogen-bond donors (Lipinski definition) is 0. The van der Waals surface area contributed by atoms with Crippen LogP contribution in [0.15, 0.2) is 29.8 Å². The van der Waals surface area contributed by atoms with Crippen LogP contribution in [0.25, 0.3) is 6.08 Å². The molecule has 0 aliphatic rings. The number of hydrogen-bond acceptors (Lipinski definition) is 7. The monoisotopic (exact) mass is 537 g/mol. The summed E-state index contributed by atoms with van der Waals surface area (Å²) in [5.41, 5.74) is 1.29. The number of carbonyl (C=O) groups excluding carboxylic acids is 3. The van der Waals surface area contributed by atoms with E-state index in [1.165, 1.54) is 6.08 Å². The van der Waals surface area contributed by atoms with Gasteiger partial charge >= 0.3 is 11.9 Å². The van der Waals surface area contributed by atoms with Gasteiger partial charge in [0.05, 0.1) is 24.4 Å². The van der Waals surface area contributed by atoms with Gasteiger partial charge in [0.15, 0.2) is 5.78 Å². The van der Waals surface area contributed by atoms with E-state index in [0.29, 0.717) is 10.4 Å². The number of ketones is 1. The molecular formula is C22H20INO5S. The molecule has 0 spiro atoms. The molecule has 6 nitrogen and oxygen atoms in total. The van der Waals surface area contributed by atoms with Crippen LogP contribution in [-0.4, -0.2) is 30.9 Å². The van der Waals surface area contributed by atoms with Crippen molar-refractivity contribution in [2.24, 2.45) is 0 Å². The van der Waals surface area contributed by atoms with Gasteiger partial charge < -0.3 is 9.47 Å². The van der Waals surface area contributed by atoms with Crippen LogP contribution in [0.3, 0.4) is 0 Å². The molecule has 2 rings (SSSR count). The summed E-state index contributed by atoms with van der Waals surface area (Å²) < 4.78 is 11.2. The zero-order valence-corrected chi connectivity index (χ0v) is 19.8. The molecule has 0 radical (unpaired) electrons. The fourth-order valence-electron chi connectivity index (χ4n) is 2.70. The molecule has 0 bridgehead atoms. The first-order valence-electron chi connectivity index (χ1n) is 9.19. The smallest absolute Gasteiger partial charge is 0.348 e. The SMILES string of the molecule is CCOC(=O)c1sc(CC(=O)/C(C#N)=C/c2ccc(I)cc2)c(C(=O)OCC)c1C. The van der Waals surface area contributed by atoms with Crippen molar-refractivity contribution in [3.05, 3.63) is 59.9 Å². The Kier molecular flexibility index (Phi) is 8.74. The van der Waals surface area contributed by atoms with E-state index in [4.69, 9.17) is 9.47 Å². The number of ether oxygens (including phenoxy) is 2. The van der Waals surface area contributed by atoms with E-state index in [1.54, 1.807) is 20.8 Å². The Morgan fingerprint density at radius 3 is 2.27 bits per heavy atom. The predicted molar refractivity (Wildman–Crippen MR) is 122 cm³/mol. The molecule has 8 heteroatoms. The largest absolute Gasteiger partial charge is 0.462 e. The zero-order valence-electron chi connectivity index (χ0n) is 16.8.